The van der Waals surface area contributed by atoms with Gasteiger partial charge in [-0.15, -0.1) is 6.42 Å². The first-order valence-electron chi connectivity index (χ1n) is 5.92. The third kappa shape index (κ3) is 2.62. The first-order valence-corrected chi connectivity index (χ1v) is 5.92. The summed E-state index contributed by atoms with van der Waals surface area (Å²) in [5.41, 5.74) is 1.23. The Morgan fingerprint density at radius 3 is 2.82 bits per heavy atom. The fourth-order valence-electron chi connectivity index (χ4n) is 1.95. The summed E-state index contributed by atoms with van der Waals surface area (Å²) in [6, 6.07) is 0. The van der Waals surface area contributed by atoms with Gasteiger partial charge >= 0.3 is 0 Å². The lowest BCUT2D eigenvalue weighted by molar-refractivity contribution is 0.568. The van der Waals surface area contributed by atoms with Crippen molar-refractivity contribution in [3.05, 3.63) is 11.9 Å². The van der Waals surface area contributed by atoms with Crippen LogP contribution in [0.15, 0.2) is 11.2 Å². The molecule has 0 bridgehead atoms. The average Bonchev–Trinajstić information content (AvgIpc) is 2.40. The van der Waals surface area contributed by atoms with Crippen molar-refractivity contribution in [2.45, 2.75) is 26.2 Å². The molecule has 0 N–H and O–H groups in total. The van der Waals surface area contributed by atoms with E-state index in [0.29, 0.717) is 11.4 Å². The number of terminal acetylenes is 1. The van der Waals surface area contributed by atoms with E-state index < -0.39 is 0 Å². The van der Waals surface area contributed by atoms with Crippen molar-refractivity contribution in [3.8, 4) is 12.3 Å². The summed E-state index contributed by atoms with van der Waals surface area (Å²) < 4.78 is 0. The summed E-state index contributed by atoms with van der Waals surface area (Å²) in [5.74, 6) is 3.30. The minimum atomic E-state index is 0.568. The molecule has 2 rings (SSSR count). The van der Waals surface area contributed by atoms with Crippen molar-refractivity contribution >= 4 is 17.9 Å². The summed E-state index contributed by atoms with van der Waals surface area (Å²) >= 11 is 0. The molecule has 0 amide bonds. The molecule has 2 heterocycles. The van der Waals surface area contributed by atoms with Gasteiger partial charge in [-0.25, -0.2) is 9.97 Å². The van der Waals surface area contributed by atoms with Gasteiger partial charge in [0.15, 0.2) is 0 Å². The van der Waals surface area contributed by atoms with Crippen LogP contribution in [-0.2, 0) is 0 Å². The van der Waals surface area contributed by atoms with Crippen LogP contribution >= 0.6 is 0 Å². The molecule has 1 aromatic heterocycles. The maximum atomic E-state index is 5.45. The molecule has 4 nitrogen and oxygen atoms in total. The van der Waals surface area contributed by atoms with Crippen LogP contribution in [0.4, 0.5) is 11.6 Å². The lowest BCUT2D eigenvalue weighted by atomic mass is 10.1. The highest BCUT2D eigenvalue weighted by atomic mass is 15.3. The van der Waals surface area contributed by atoms with Gasteiger partial charge in [0.25, 0.3) is 0 Å². The number of hydrogen-bond acceptors (Lipinski definition) is 4. The van der Waals surface area contributed by atoms with Crippen LogP contribution in [0.2, 0.25) is 0 Å². The van der Waals surface area contributed by atoms with Gasteiger partial charge in [0.1, 0.15) is 11.4 Å². The minimum absolute atomic E-state index is 0.568. The number of rotatable bonds is 2. The molecule has 1 aromatic rings. The predicted octanol–water partition coefficient (Wildman–Crippen LogP) is 2.17. The molecular weight excluding hydrogens is 212 g/mol. The fourth-order valence-corrected chi connectivity index (χ4v) is 1.95. The van der Waals surface area contributed by atoms with E-state index in [1.807, 2.05) is 6.92 Å². The van der Waals surface area contributed by atoms with E-state index in [1.54, 1.807) is 12.4 Å². The maximum Gasteiger partial charge on any atom is 0.226 e. The van der Waals surface area contributed by atoms with Gasteiger partial charge in [0, 0.05) is 19.3 Å². The topological polar surface area (TPSA) is 41.4 Å². The second-order valence-electron chi connectivity index (χ2n) is 3.98. The van der Waals surface area contributed by atoms with Crippen LogP contribution < -0.4 is 4.90 Å². The molecule has 1 saturated heterocycles. The van der Waals surface area contributed by atoms with Crippen molar-refractivity contribution in [1.29, 1.82) is 0 Å². The van der Waals surface area contributed by atoms with Crippen LogP contribution in [0, 0.1) is 12.3 Å². The molecule has 17 heavy (non-hydrogen) atoms. The van der Waals surface area contributed by atoms with Crippen LogP contribution in [-0.4, -0.2) is 29.3 Å². The van der Waals surface area contributed by atoms with E-state index in [2.05, 4.69) is 25.8 Å². The Labute approximate surface area is 102 Å². The fraction of sp³-hybridized carbons (Fsp3) is 0.462. The summed E-state index contributed by atoms with van der Waals surface area (Å²) in [6.07, 6.45) is 12.5. The van der Waals surface area contributed by atoms with Gasteiger partial charge < -0.3 is 4.90 Å². The lowest BCUT2D eigenvalue weighted by Gasteiger charge is -2.26. The highest BCUT2D eigenvalue weighted by Gasteiger charge is 2.14. The quantitative estimate of drug-likeness (QED) is 0.575. The van der Waals surface area contributed by atoms with Crippen LogP contribution in [0.3, 0.4) is 0 Å². The van der Waals surface area contributed by atoms with Gasteiger partial charge in [0.2, 0.25) is 5.95 Å². The van der Waals surface area contributed by atoms with Gasteiger partial charge in [-0.3, -0.25) is 4.99 Å². The number of hydrogen-bond donors (Lipinski definition) is 0. The van der Waals surface area contributed by atoms with Crippen LogP contribution in [0.1, 0.15) is 31.9 Å². The molecule has 1 aliphatic heterocycles. The number of nitrogens with zero attached hydrogens (tertiary/aromatic N) is 4. The van der Waals surface area contributed by atoms with Crippen molar-refractivity contribution < 1.29 is 0 Å². The van der Waals surface area contributed by atoms with E-state index in [-0.39, 0.29) is 0 Å². The normalized spacial score (nSPS) is 16.1. The summed E-state index contributed by atoms with van der Waals surface area (Å²) in [7, 11) is 0. The first-order chi connectivity index (χ1) is 8.35. The highest BCUT2D eigenvalue weighted by molar-refractivity contribution is 5.63. The van der Waals surface area contributed by atoms with Crippen molar-refractivity contribution in [2.24, 2.45) is 4.99 Å². The lowest BCUT2D eigenvalue weighted by Crippen LogP contribution is -2.31. The zero-order chi connectivity index (χ0) is 12.1. The third-order valence-corrected chi connectivity index (χ3v) is 2.80. The Morgan fingerprint density at radius 1 is 1.41 bits per heavy atom. The van der Waals surface area contributed by atoms with Crippen LogP contribution in [0.25, 0.3) is 0 Å². The van der Waals surface area contributed by atoms with E-state index in [9.17, 15) is 0 Å². The molecule has 1 aliphatic rings. The molecule has 0 unspecified atom stereocenters. The van der Waals surface area contributed by atoms with Gasteiger partial charge in [-0.1, -0.05) is 0 Å². The molecule has 0 radical (unpaired) electrons. The molecular formula is C13H16N4. The van der Waals surface area contributed by atoms with Gasteiger partial charge in [0.05, 0.1) is 6.20 Å². The number of piperidine rings is 1. The van der Waals surface area contributed by atoms with Crippen molar-refractivity contribution in [1.82, 2.24) is 9.97 Å². The predicted molar refractivity (Wildman–Crippen MR) is 69.9 cm³/mol. The van der Waals surface area contributed by atoms with E-state index >= 15 is 0 Å². The summed E-state index contributed by atoms with van der Waals surface area (Å²) in [5, 5.41) is 0. The van der Waals surface area contributed by atoms with E-state index in [1.165, 1.54) is 19.3 Å². The Kier molecular flexibility index (Phi) is 3.71. The standard InChI is InChI=1S/C13H16N4/c1-3-11-12(14-4-2)10-15-13(16-11)17-8-6-5-7-9-17/h1,4,10H,5-9H2,2H3/b14-4-. The first kappa shape index (κ1) is 11.6. The minimum Gasteiger partial charge on any atom is -0.341 e. The van der Waals surface area contributed by atoms with E-state index in [4.69, 9.17) is 6.42 Å². The second-order valence-corrected chi connectivity index (χ2v) is 3.98. The molecule has 0 aliphatic carbocycles. The van der Waals surface area contributed by atoms with Crippen molar-refractivity contribution in [2.75, 3.05) is 18.0 Å². The SMILES string of the molecule is C#Cc1nc(N2CCCCC2)ncc1/N=C\C. The molecule has 0 atom stereocenters. The highest BCUT2D eigenvalue weighted by Crippen LogP contribution is 2.20. The summed E-state index contributed by atoms with van der Waals surface area (Å²) in [4.78, 5) is 15.1. The number of aromatic nitrogens is 2. The molecule has 0 aromatic carbocycles. The smallest absolute Gasteiger partial charge is 0.226 e. The molecule has 1 fully saturated rings. The monoisotopic (exact) mass is 228 g/mol. The Balaban J connectivity index is 2.28. The third-order valence-electron chi connectivity index (χ3n) is 2.80. The van der Waals surface area contributed by atoms with Gasteiger partial charge in [-0.05, 0) is 32.1 Å². The Hall–Kier alpha value is -1.89. The zero-order valence-electron chi connectivity index (χ0n) is 10.1. The Bertz CT molecular complexity index is 453. The molecule has 4 heteroatoms. The van der Waals surface area contributed by atoms with Crippen molar-refractivity contribution in [3.63, 3.8) is 0 Å². The van der Waals surface area contributed by atoms with Crippen LogP contribution in [0.5, 0.6) is 0 Å². The van der Waals surface area contributed by atoms with Gasteiger partial charge in [-0.2, -0.15) is 0 Å². The average molecular weight is 228 g/mol. The number of anilines is 1. The summed E-state index contributed by atoms with van der Waals surface area (Å²) in [6.45, 7) is 3.87. The Morgan fingerprint density at radius 2 is 2.18 bits per heavy atom. The largest absolute Gasteiger partial charge is 0.341 e. The van der Waals surface area contributed by atoms with E-state index in [0.717, 1.165) is 19.0 Å². The number of aliphatic imine (C=N–C) groups is 1. The zero-order valence-corrected chi connectivity index (χ0v) is 10.1. The molecule has 0 spiro atoms. The maximum absolute atomic E-state index is 5.45. The molecule has 88 valence electrons. The molecule has 0 saturated carbocycles. The second kappa shape index (κ2) is 5.44.